The van der Waals surface area contributed by atoms with Gasteiger partial charge in [0.1, 0.15) is 17.8 Å². The first-order valence-electron chi connectivity index (χ1n) is 9.00. The van der Waals surface area contributed by atoms with Crippen LogP contribution in [0.15, 0.2) is 24.3 Å². The van der Waals surface area contributed by atoms with Gasteiger partial charge in [-0.05, 0) is 42.7 Å². The van der Waals surface area contributed by atoms with Gasteiger partial charge in [-0.3, -0.25) is 14.4 Å². The van der Waals surface area contributed by atoms with Gasteiger partial charge in [0.15, 0.2) is 0 Å². The van der Waals surface area contributed by atoms with Crippen molar-refractivity contribution in [2.45, 2.75) is 63.4 Å². The van der Waals surface area contributed by atoms with Crippen LogP contribution in [-0.2, 0) is 32.0 Å². The van der Waals surface area contributed by atoms with E-state index in [-0.39, 0.29) is 30.5 Å². The number of rotatable bonds is 6. The van der Waals surface area contributed by atoms with Crippen molar-refractivity contribution in [3.63, 3.8) is 0 Å². The fraction of sp³-hybridized carbons (Fsp3) is 0.550. The maximum Gasteiger partial charge on any atom is 0.313 e. The fourth-order valence-corrected chi connectivity index (χ4v) is 4.23. The van der Waals surface area contributed by atoms with Crippen molar-refractivity contribution in [3.05, 3.63) is 35.4 Å². The Hall–Kier alpha value is -2.17. The Labute approximate surface area is 147 Å². The predicted octanol–water partition coefficient (Wildman–Crippen LogP) is 3.08. The lowest BCUT2D eigenvalue weighted by atomic mass is 9.76. The second-order valence-corrected chi connectivity index (χ2v) is 7.30. The van der Waals surface area contributed by atoms with Crippen LogP contribution in [0.25, 0.3) is 0 Å². The van der Waals surface area contributed by atoms with E-state index in [1.54, 1.807) is 0 Å². The lowest BCUT2D eigenvalue weighted by Crippen LogP contribution is -2.48. The molecule has 0 aromatic heterocycles. The molecule has 1 saturated carbocycles. The molecule has 1 aromatic rings. The van der Waals surface area contributed by atoms with E-state index in [0.717, 1.165) is 36.8 Å². The van der Waals surface area contributed by atoms with Crippen LogP contribution in [0.5, 0.6) is 0 Å². The van der Waals surface area contributed by atoms with Crippen LogP contribution in [0.2, 0.25) is 0 Å². The average Bonchev–Trinajstić information content (AvgIpc) is 3.08. The average molecular weight is 344 g/mol. The zero-order valence-electron chi connectivity index (χ0n) is 14.3. The number of ketones is 1. The minimum Gasteiger partial charge on any atom is -0.481 e. The maximum atomic E-state index is 12.0. The number of esters is 1. The summed E-state index contributed by atoms with van der Waals surface area (Å²) in [5.74, 6) is -0.979. The lowest BCUT2D eigenvalue weighted by molar-refractivity contribution is -0.178. The highest BCUT2D eigenvalue weighted by molar-refractivity contribution is 5.98. The number of carbonyl (C=O) groups is 3. The number of carboxylic acids is 1. The summed E-state index contributed by atoms with van der Waals surface area (Å²) in [7, 11) is 0. The standard InChI is InChI=1S/C20H24O5/c21-17-12-19(24)25-20(13-17,16-3-1-2-4-16)10-9-14-5-7-15(8-6-14)11-18(22)23/h5-8,16H,1-4,9-13H2,(H,22,23). The first kappa shape index (κ1) is 17.6. The summed E-state index contributed by atoms with van der Waals surface area (Å²) < 4.78 is 5.79. The molecule has 1 N–H and O–H groups in total. The van der Waals surface area contributed by atoms with Gasteiger partial charge in [-0.15, -0.1) is 0 Å². The van der Waals surface area contributed by atoms with E-state index in [1.165, 1.54) is 0 Å². The van der Waals surface area contributed by atoms with Crippen LogP contribution >= 0.6 is 0 Å². The molecule has 25 heavy (non-hydrogen) atoms. The molecule has 1 aliphatic carbocycles. The Morgan fingerprint density at radius 1 is 1.12 bits per heavy atom. The van der Waals surface area contributed by atoms with Crippen LogP contribution in [0.1, 0.15) is 56.1 Å². The van der Waals surface area contributed by atoms with Crippen LogP contribution < -0.4 is 0 Å². The highest BCUT2D eigenvalue weighted by atomic mass is 16.6. The molecule has 1 unspecified atom stereocenters. The fourth-order valence-electron chi connectivity index (χ4n) is 4.23. The number of hydrogen-bond donors (Lipinski definition) is 1. The SMILES string of the molecule is O=C(O)Cc1ccc(CCC2(C3CCCC3)CC(=O)CC(=O)O2)cc1. The minimum atomic E-state index is -0.847. The Morgan fingerprint density at radius 2 is 1.76 bits per heavy atom. The van der Waals surface area contributed by atoms with Gasteiger partial charge in [-0.1, -0.05) is 37.1 Å². The van der Waals surface area contributed by atoms with Gasteiger partial charge in [0, 0.05) is 6.42 Å². The van der Waals surface area contributed by atoms with Gasteiger partial charge in [0.05, 0.1) is 6.42 Å². The third-order valence-corrected chi connectivity index (χ3v) is 5.47. The summed E-state index contributed by atoms with van der Waals surface area (Å²) in [5, 5.41) is 8.83. The maximum absolute atomic E-state index is 12.0. The lowest BCUT2D eigenvalue weighted by Gasteiger charge is -2.41. The Morgan fingerprint density at radius 3 is 2.36 bits per heavy atom. The molecule has 1 heterocycles. The molecule has 1 saturated heterocycles. The Kier molecular flexibility index (Phi) is 5.21. The zero-order chi connectivity index (χ0) is 17.9. The van der Waals surface area contributed by atoms with Crippen LogP contribution in [-0.4, -0.2) is 28.4 Å². The molecule has 2 aliphatic rings. The number of cyclic esters (lactones) is 1. The molecule has 134 valence electrons. The minimum absolute atomic E-state index is 0.0123. The summed E-state index contributed by atoms with van der Waals surface area (Å²) in [6.45, 7) is 0. The molecule has 2 fully saturated rings. The number of carbonyl (C=O) groups excluding carboxylic acids is 2. The first-order valence-corrected chi connectivity index (χ1v) is 9.00. The molecular formula is C20H24O5. The summed E-state index contributed by atoms with van der Waals surface area (Å²) in [4.78, 5) is 34.7. The highest BCUT2D eigenvalue weighted by Gasteiger charge is 2.47. The van der Waals surface area contributed by atoms with Gasteiger partial charge < -0.3 is 9.84 Å². The zero-order valence-corrected chi connectivity index (χ0v) is 14.3. The van der Waals surface area contributed by atoms with E-state index in [2.05, 4.69) is 0 Å². The van der Waals surface area contributed by atoms with E-state index in [9.17, 15) is 14.4 Å². The van der Waals surface area contributed by atoms with E-state index in [1.807, 2.05) is 24.3 Å². The highest BCUT2D eigenvalue weighted by Crippen LogP contribution is 2.43. The summed E-state index contributed by atoms with van der Waals surface area (Å²) in [6, 6.07) is 7.49. The van der Waals surface area contributed by atoms with Gasteiger partial charge in [-0.25, -0.2) is 0 Å². The summed E-state index contributed by atoms with van der Waals surface area (Å²) in [5.41, 5.74) is 1.18. The third kappa shape index (κ3) is 4.27. The van der Waals surface area contributed by atoms with Gasteiger partial charge in [-0.2, -0.15) is 0 Å². The largest absolute Gasteiger partial charge is 0.481 e. The molecular weight excluding hydrogens is 320 g/mol. The molecule has 0 amide bonds. The number of ether oxygens (including phenoxy) is 1. The van der Waals surface area contributed by atoms with Crippen molar-refractivity contribution >= 4 is 17.7 Å². The molecule has 5 nitrogen and oxygen atoms in total. The van der Waals surface area contributed by atoms with Crippen molar-refractivity contribution < 1.29 is 24.2 Å². The van der Waals surface area contributed by atoms with E-state index in [4.69, 9.17) is 9.84 Å². The van der Waals surface area contributed by atoms with Crippen molar-refractivity contribution in [3.8, 4) is 0 Å². The smallest absolute Gasteiger partial charge is 0.313 e. The number of carboxylic acid groups (broad SMARTS) is 1. The van der Waals surface area contributed by atoms with Gasteiger partial charge in [0.2, 0.25) is 0 Å². The van der Waals surface area contributed by atoms with Crippen LogP contribution in [0.3, 0.4) is 0 Å². The van der Waals surface area contributed by atoms with Crippen LogP contribution in [0, 0.1) is 5.92 Å². The molecule has 1 atom stereocenters. The van der Waals surface area contributed by atoms with Gasteiger partial charge >= 0.3 is 11.9 Å². The monoisotopic (exact) mass is 344 g/mol. The number of benzene rings is 1. The Balaban J connectivity index is 1.71. The number of Topliss-reactive ketones (excluding diaryl/α,β-unsaturated/α-hetero) is 1. The van der Waals surface area contributed by atoms with Crippen molar-refractivity contribution in [1.29, 1.82) is 0 Å². The first-order chi connectivity index (χ1) is 12.0. The molecule has 5 heteroatoms. The van der Waals surface area contributed by atoms with Crippen molar-refractivity contribution in [1.82, 2.24) is 0 Å². The quantitative estimate of drug-likeness (QED) is 0.633. The normalized spacial score (nSPS) is 24.3. The van der Waals surface area contributed by atoms with E-state index >= 15 is 0 Å². The number of aliphatic carboxylic acids is 1. The third-order valence-electron chi connectivity index (χ3n) is 5.47. The molecule has 3 rings (SSSR count). The second kappa shape index (κ2) is 7.38. The molecule has 1 aromatic carbocycles. The van der Waals surface area contributed by atoms with Gasteiger partial charge in [0.25, 0.3) is 0 Å². The molecule has 0 bridgehead atoms. The van der Waals surface area contributed by atoms with Crippen LogP contribution in [0.4, 0.5) is 0 Å². The molecule has 0 spiro atoms. The van der Waals surface area contributed by atoms with Crippen molar-refractivity contribution in [2.75, 3.05) is 0 Å². The predicted molar refractivity (Wildman–Crippen MR) is 91.1 cm³/mol. The molecule has 1 aliphatic heterocycles. The number of aryl methyl sites for hydroxylation is 1. The Bertz CT molecular complexity index is 639. The second-order valence-electron chi connectivity index (χ2n) is 7.30. The van der Waals surface area contributed by atoms with E-state index in [0.29, 0.717) is 19.3 Å². The summed E-state index contributed by atoms with van der Waals surface area (Å²) >= 11 is 0. The van der Waals surface area contributed by atoms with Crippen molar-refractivity contribution in [2.24, 2.45) is 5.92 Å². The number of hydrogen-bond acceptors (Lipinski definition) is 4. The molecule has 0 radical (unpaired) electrons. The van der Waals surface area contributed by atoms with E-state index < -0.39 is 11.6 Å². The summed E-state index contributed by atoms with van der Waals surface area (Å²) in [6.07, 6.45) is 5.88. The topological polar surface area (TPSA) is 80.7 Å².